The smallest absolute Gasteiger partial charge is 0.306 e. The molecule has 100 valence electrons. The normalized spacial score (nSPS) is 29.4. The second kappa shape index (κ2) is 5.37. The zero-order chi connectivity index (χ0) is 13.4. The number of carboxylic acids is 1. The topological polar surface area (TPSA) is 57.5 Å². The maximum Gasteiger partial charge on any atom is 0.306 e. The first-order chi connectivity index (χ1) is 8.40. The third-order valence-electron chi connectivity index (χ3n) is 3.57. The van der Waals surface area contributed by atoms with Crippen molar-refractivity contribution < 1.29 is 15.0 Å². The van der Waals surface area contributed by atoms with Gasteiger partial charge in [-0.15, -0.1) is 11.3 Å². The highest BCUT2D eigenvalue weighted by molar-refractivity contribution is 7.20. The van der Waals surface area contributed by atoms with Crippen LogP contribution in [-0.2, 0) is 4.79 Å². The van der Waals surface area contributed by atoms with E-state index in [1.807, 2.05) is 6.92 Å². The van der Waals surface area contributed by atoms with Gasteiger partial charge in [0.05, 0.1) is 16.4 Å². The SMILES string of the molecule is CC1CC(C(=O)O)C(C(O)c2cc(Cl)sc2Cl)C1. The Morgan fingerprint density at radius 2 is 2.17 bits per heavy atom. The van der Waals surface area contributed by atoms with Crippen molar-refractivity contribution in [1.29, 1.82) is 0 Å². The molecule has 2 N–H and O–H groups in total. The van der Waals surface area contributed by atoms with Crippen LogP contribution < -0.4 is 0 Å². The third-order valence-corrected chi connectivity index (χ3v) is 5.09. The number of carbonyl (C=O) groups is 1. The lowest BCUT2D eigenvalue weighted by Crippen LogP contribution is -2.23. The Kier molecular flexibility index (Phi) is 4.22. The number of aliphatic carboxylic acids is 1. The molecule has 1 fully saturated rings. The summed E-state index contributed by atoms with van der Waals surface area (Å²) in [6, 6.07) is 1.63. The first kappa shape index (κ1) is 14.1. The number of thiophene rings is 1. The van der Waals surface area contributed by atoms with Crippen molar-refractivity contribution in [3.05, 3.63) is 20.3 Å². The van der Waals surface area contributed by atoms with E-state index in [1.165, 1.54) is 11.3 Å². The molecule has 0 aliphatic heterocycles. The standard InChI is InChI=1S/C12H14Cl2O3S/c1-5-2-6(7(3-5)12(16)17)10(15)8-4-9(13)18-11(8)14/h4-7,10,15H,2-3H2,1H3,(H,16,17). The number of carboxylic acid groups (broad SMARTS) is 1. The Hall–Kier alpha value is -0.290. The molecule has 18 heavy (non-hydrogen) atoms. The lowest BCUT2D eigenvalue weighted by atomic mass is 9.88. The zero-order valence-electron chi connectivity index (χ0n) is 9.77. The van der Waals surface area contributed by atoms with Crippen molar-refractivity contribution in [2.75, 3.05) is 0 Å². The fourth-order valence-corrected chi connectivity index (χ4v) is 4.29. The van der Waals surface area contributed by atoms with Gasteiger partial charge in [-0.05, 0) is 24.8 Å². The van der Waals surface area contributed by atoms with Crippen LogP contribution in [0.2, 0.25) is 8.67 Å². The summed E-state index contributed by atoms with van der Waals surface area (Å²) in [5, 5.41) is 19.6. The maximum atomic E-state index is 11.2. The van der Waals surface area contributed by atoms with Gasteiger partial charge >= 0.3 is 5.97 Å². The van der Waals surface area contributed by atoms with Gasteiger partial charge in [0.15, 0.2) is 0 Å². The van der Waals surface area contributed by atoms with Crippen molar-refractivity contribution in [2.24, 2.45) is 17.8 Å². The van der Waals surface area contributed by atoms with Crippen LogP contribution >= 0.6 is 34.5 Å². The number of halogens is 2. The molecule has 0 spiro atoms. The third kappa shape index (κ3) is 2.67. The van der Waals surface area contributed by atoms with E-state index in [9.17, 15) is 15.0 Å². The minimum Gasteiger partial charge on any atom is -0.481 e. The van der Waals surface area contributed by atoms with Crippen molar-refractivity contribution >= 4 is 40.5 Å². The zero-order valence-corrected chi connectivity index (χ0v) is 12.1. The van der Waals surface area contributed by atoms with E-state index in [2.05, 4.69) is 0 Å². The Morgan fingerprint density at radius 3 is 2.67 bits per heavy atom. The first-order valence-corrected chi connectivity index (χ1v) is 7.33. The van der Waals surface area contributed by atoms with Gasteiger partial charge in [-0.3, -0.25) is 4.79 Å². The summed E-state index contributed by atoms with van der Waals surface area (Å²) in [6.45, 7) is 2.00. The maximum absolute atomic E-state index is 11.2. The predicted molar refractivity (Wildman–Crippen MR) is 72.3 cm³/mol. The fraction of sp³-hybridized carbons (Fsp3) is 0.583. The van der Waals surface area contributed by atoms with Gasteiger partial charge in [0.25, 0.3) is 0 Å². The van der Waals surface area contributed by atoms with Crippen LogP contribution in [0, 0.1) is 17.8 Å². The molecule has 1 aromatic rings. The second-order valence-electron chi connectivity index (χ2n) is 4.91. The Bertz CT molecular complexity index is 460. The van der Waals surface area contributed by atoms with E-state index >= 15 is 0 Å². The average Bonchev–Trinajstić information content (AvgIpc) is 2.81. The molecule has 0 radical (unpaired) electrons. The minimum atomic E-state index is -0.854. The van der Waals surface area contributed by atoms with E-state index in [0.29, 0.717) is 33.0 Å². The minimum absolute atomic E-state index is 0.291. The molecule has 0 bridgehead atoms. The number of hydrogen-bond donors (Lipinski definition) is 2. The number of aliphatic hydroxyl groups is 1. The van der Waals surface area contributed by atoms with Gasteiger partial charge in [0.2, 0.25) is 0 Å². The van der Waals surface area contributed by atoms with Crippen LogP contribution in [0.25, 0.3) is 0 Å². The molecule has 1 saturated carbocycles. The summed E-state index contributed by atoms with van der Waals surface area (Å²) in [7, 11) is 0. The van der Waals surface area contributed by atoms with Crippen molar-refractivity contribution in [2.45, 2.75) is 25.9 Å². The Balaban J connectivity index is 2.24. The molecule has 0 saturated heterocycles. The molecule has 1 aliphatic carbocycles. The molecule has 0 aromatic carbocycles. The molecule has 6 heteroatoms. The fourth-order valence-electron chi connectivity index (χ4n) is 2.75. The first-order valence-electron chi connectivity index (χ1n) is 5.75. The molecular weight excluding hydrogens is 295 g/mol. The highest BCUT2D eigenvalue weighted by Crippen LogP contribution is 2.46. The monoisotopic (exact) mass is 308 g/mol. The number of aliphatic hydroxyl groups excluding tert-OH is 1. The van der Waals surface area contributed by atoms with Crippen LogP contribution in [0.4, 0.5) is 0 Å². The number of hydrogen-bond acceptors (Lipinski definition) is 3. The largest absolute Gasteiger partial charge is 0.481 e. The molecule has 1 aliphatic rings. The van der Waals surface area contributed by atoms with Crippen molar-refractivity contribution in [3.63, 3.8) is 0 Å². The van der Waals surface area contributed by atoms with Gasteiger partial charge in [-0.25, -0.2) is 0 Å². The van der Waals surface area contributed by atoms with Gasteiger partial charge in [0.1, 0.15) is 4.34 Å². The van der Waals surface area contributed by atoms with E-state index in [1.54, 1.807) is 6.07 Å². The number of rotatable bonds is 3. The van der Waals surface area contributed by atoms with Crippen LogP contribution in [0.3, 0.4) is 0 Å². The predicted octanol–water partition coefficient (Wildman–Crippen LogP) is 3.84. The van der Waals surface area contributed by atoms with Gasteiger partial charge in [0, 0.05) is 11.5 Å². The second-order valence-corrected chi connectivity index (χ2v) is 7.20. The lowest BCUT2D eigenvalue weighted by Gasteiger charge is -2.21. The molecule has 4 atom stereocenters. The molecule has 4 unspecified atom stereocenters. The van der Waals surface area contributed by atoms with E-state index in [0.717, 1.165) is 0 Å². The van der Waals surface area contributed by atoms with Gasteiger partial charge < -0.3 is 10.2 Å². The van der Waals surface area contributed by atoms with Crippen molar-refractivity contribution in [3.8, 4) is 0 Å². The van der Waals surface area contributed by atoms with E-state index in [-0.39, 0.29) is 5.92 Å². The van der Waals surface area contributed by atoms with Gasteiger partial charge in [-0.1, -0.05) is 30.1 Å². The molecule has 1 heterocycles. The lowest BCUT2D eigenvalue weighted by molar-refractivity contribution is -0.144. The Morgan fingerprint density at radius 1 is 1.50 bits per heavy atom. The highest BCUT2D eigenvalue weighted by Gasteiger charge is 2.42. The van der Waals surface area contributed by atoms with Crippen LogP contribution in [-0.4, -0.2) is 16.2 Å². The van der Waals surface area contributed by atoms with Crippen molar-refractivity contribution in [1.82, 2.24) is 0 Å². The summed E-state index contributed by atoms with van der Waals surface area (Å²) in [5.74, 6) is -1.34. The Labute approximate surface area is 119 Å². The summed E-state index contributed by atoms with van der Waals surface area (Å²) >= 11 is 13.0. The summed E-state index contributed by atoms with van der Waals surface area (Å²) < 4.78 is 0.947. The highest BCUT2D eigenvalue weighted by atomic mass is 35.5. The molecule has 1 aromatic heterocycles. The quantitative estimate of drug-likeness (QED) is 0.892. The van der Waals surface area contributed by atoms with Gasteiger partial charge in [-0.2, -0.15) is 0 Å². The molecule has 3 nitrogen and oxygen atoms in total. The van der Waals surface area contributed by atoms with Crippen LogP contribution in [0.5, 0.6) is 0 Å². The summed E-state index contributed by atoms with van der Waals surface area (Å²) in [6.07, 6.45) is 0.446. The van der Waals surface area contributed by atoms with Crippen LogP contribution in [0.15, 0.2) is 6.07 Å². The van der Waals surface area contributed by atoms with E-state index < -0.39 is 18.0 Å². The summed E-state index contributed by atoms with van der Waals surface area (Å²) in [4.78, 5) is 11.2. The molecule has 2 rings (SSSR count). The summed E-state index contributed by atoms with van der Waals surface area (Å²) in [5.41, 5.74) is 0.553. The van der Waals surface area contributed by atoms with E-state index in [4.69, 9.17) is 23.2 Å². The average molecular weight is 309 g/mol. The molecular formula is C12H14Cl2O3S. The molecule has 0 amide bonds. The van der Waals surface area contributed by atoms with Crippen LogP contribution in [0.1, 0.15) is 31.4 Å².